The molecule has 0 unspecified atom stereocenters. The van der Waals surface area contributed by atoms with Crippen molar-refractivity contribution >= 4 is 10.0 Å². The van der Waals surface area contributed by atoms with E-state index < -0.39 is 10.0 Å². The van der Waals surface area contributed by atoms with Gasteiger partial charge >= 0.3 is 0 Å². The van der Waals surface area contributed by atoms with Crippen molar-refractivity contribution in [3.05, 3.63) is 17.5 Å². The highest BCUT2D eigenvalue weighted by Gasteiger charge is 2.29. The van der Waals surface area contributed by atoms with E-state index in [1.54, 1.807) is 17.3 Å². The second-order valence-corrected chi connectivity index (χ2v) is 7.96. The number of piperidine rings is 1. The zero-order valence-corrected chi connectivity index (χ0v) is 13.8. The Morgan fingerprint density at radius 2 is 2.10 bits per heavy atom. The maximum atomic E-state index is 12.7. The zero-order chi connectivity index (χ0) is 15.5. The van der Waals surface area contributed by atoms with Gasteiger partial charge in [-0.2, -0.15) is 4.31 Å². The molecule has 1 saturated heterocycles. The first-order chi connectivity index (χ1) is 9.88. The van der Waals surface area contributed by atoms with Gasteiger partial charge in [-0.05, 0) is 52.6 Å². The van der Waals surface area contributed by atoms with Gasteiger partial charge in [0.25, 0.3) is 0 Å². The van der Waals surface area contributed by atoms with Crippen LogP contribution < -0.4 is 5.32 Å². The van der Waals surface area contributed by atoms with E-state index in [-0.39, 0.29) is 11.8 Å². The Morgan fingerprint density at radius 3 is 2.62 bits per heavy atom. The van der Waals surface area contributed by atoms with Crippen molar-refractivity contribution in [3.8, 4) is 0 Å². The molecule has 1 aliphatic rings. The molecule has 0 atom stereocenters. The van der Waals surface area contributed by atoms with Gasteiger partial charge in [-0.15, -0.1) is 0 Å². The summed E-state index contributed by atoms with van der Waals surface area (Å²) in [6.45, 7) is 8.15. The van der Waals surface area contributed by atoms with Crippen LogP contribution in [0.25, 0.3) is 0 Å². The summed E-state index contributed by atoms with van der Waals surface area (Å²) in [5.41, 5.74) is 0.475. The minimum atomic E-state index is -3.37. The molecule has 0 saturated carbocycles. The Labute approximate surface area is 126 Å². The van der Waals surface area contributed by atoms with Crippen molar-refractivity contribution < 1.29 is 12.9 Å². The van der Waals surface area contributed by atoms with Crippen LogP contribution in [0.5, 0.6) is 0 Å². The first-order valence-corrected chi connectivity index (χ1v) is 9.12. The summed E-state index contributed by atoms with van der Waals surface area (Å²) < 4.78 is 31.9. The molecule has 2 rings (SSSR count). The predicted octanol–water partition coefficient (Wildman–Crippen LogP) is 1.52. The minimum absolute atomic E-state index is 0.0436. The fourth-order valence-electron chi connectivity index (χ4n) is 2.72. The minimum Gasteiger partial charge on any atom is -0.361 e. The standard InChI is InChI=1S/C14H25N3O3S/c1-11(2)17(9-13-4-6-15-7-5-13)21(18,19)10-14-8-12(3)20-16-14/h8,11,13,15H,4-7,9-10H2,1-3H3. The molecule has 0 aliphatic carbocycles. The van der Waals surface area contributed by atoms with Crippen LogP contribution in [0.15, 0.2) is 10.6 Å². The number of rotatable bonds is 6. The van der Waals surface area contributed by atoms with E-state index in [9.17, 15) is 8.42 Å². The number of sulfonamides is 1. The summed E-state index contributed by atoms with van der Waals surface area (Å²) in [4.78, 5) is 0. The summed E-state index contributed by atoms with van der Waals surface area (Å²) in [5.74, 6) is 0.977. The van der Waals surface area contributed by atoms with Crippen LogP contribution in [-0.4, -0.2) is 43.6 Å². The Balaban J connectivity index is 2.08. The lowest BCUT2D eigenvalue weighted by molar-refractivity contribution is 0.260. The van der Waals surface area contributed by atoms with Crippen molar-refractivity contribution in [2.75, 3.05) is 19.6 Å². The average Bonchev–Trinajstić information content (AvgIpc) is 2.81. The molecular formula is C14H25N3O3S. The van der Waals surface area contributed by atoms with Gasteiger partial charge in [0.05, 0.1) is 0 Å². The van der Waals surface area contributed by atoms with E-state index in [0.717, 1.165) is 25.9 Å². The number of hydrogen-bond donors (Lipinski definition) is 1. The van der Waals surface area contributed by atoms with Crippen LogP contribution in [0.3, 0.4) is 0 Å². The van der Waals surface area contributed by atoms with E-state index in [4.69, 9.17) is 4.52 Å². The average molecular weight is 315 g/mol. The lowest BCUT2D eigenvalue weighted by Crippen LogP contribution is -2.43. The molecule has 0 bridgehead atoms. The molecule has 21 heavy (non-hydrogen) atoms. The third-order valence-corrected chi connectivity index (χ3v) is 5.78. The second kappa shape index (κ2) is 6.89. The summed E-state index contributed by atoms with van der Waals surface area (Å²) in [7, 11) is -3.37. The van der Waals surface area contributed by atoms with Crippen LogP contribution in [0, 0.1) is 12.8 Å². The second-order valence-electron chi connectivity index (χ2n) is 6.04. The Hall–Kier alpha value is -0.920. The Kier molecular flexibility index (Phi) is 5.40. The summed E-state index contributed by atoms with van der Waals surface area (Å²) >= 11 is 0. The molecule has 1 aliphatic heterocycles. The third kappa shape index (κ3) is 4.52. The molecule has 6 nitrogen and oxygen atoms in total. The molecule has 7 heteroatoms. The first-order valence-electron chi connectivity index (χ1n) is 7.51. The van der Waals surface area contributed by atoms with Crippen LogP contribution in [-0.2, 0) is 15.8 Å². The van der Waals surface area contributed by atoms with E-state index in [2.05, 4.69) is 10.5 Å². The largest absolute Gasteiger partial charge is 0.361 e. The van der Waals surface area contributed by atoms with Crippen molar-refractivity contribution in [2.24, 2.45) is 5.92 Å². The summed E-state index contributed by atoms with van der Waals surface area (Å²) in [6, 6.07) is 1.64. The van der Waals surface area contributed by atoms with Gasteiger partial charge in [0, 0.05) is 18.7 Å². The smallest absolute Gasteiger partial charge is 0.220 e. The number of nitrogens with one attached hydrogen (secondary N) is 1. The summed E-state index contributed by atoms with van der Waals surface area (Å²) in [5, 5.41) is 7.11. The van der Waals surface area contributed by atoms with E-state index >= 15 is 0 Å². The van der Waals surface area contributed by atoms with Crippen molar-refractivity contribution in [1.82, 2.24) is 14.8 Å². The van der Waals surface area contributed by atoms with Crippen molar-refractivity contribution in [1.29, 1.82) is 0 Å². The molecule has 1 fully saturated rings. The van der Waals surface area contributed by atoms with Crippen molar-refractivity contribution in [3.63, 3.8) is 0 Å². The Bertz CT molecular complexity index is 548. The van der Waals surface area contributed by atoms with Gasteiger partial charge in [-0.25, -0.2) is 8.42 Å². The lowest BCUT2D eigenvalue weighted by Gasteiger charge is -2.31. The third-order valence-electron chi connectivity index (χ3n) is 3.84. The molecule has 120 valence electrons. The fourth-order valence-corrected chi connectivity index (χ4v) is 4.48. The van der Waals surface area contributed by atoms with Crippen LogP contribution in [0.2, 0.25) is 0 Å². The quantitative estimate of drug-likeness (QED) is 0.861. The van der Waals surface area contributed by atoms with Gasteiger partial charge in [0.1, 0.15) is 17.2 Å². The topological polar surface area (TPSA) is 75.4 Å². The molecule has 1 N–H and O–H groups in total. The molecule has 1 aromatic heterocycles. The normalized spacial score (nSPS) is 17.8. The molecule has 2 heterocycles. The number of hydrogen-bond acceptors (Lipinski definition) is 5. The van der Waals surface area contributed by atoms with Crippen LogP contribution in [0.4, 0.5) is 0 Å². The molecule has 0 aromatic carbocycles. The van der Waals surface area contributed by atoms with Gasteiger partial charge < -0.3 is 9.84 Å². The fraction of sp³-hybridized carbons (Fsp3) is 0.786. The van der Waals surface area contributed by atoms with E-state index in [1.165, 1.54) is 0 Å². The summed E-state index contributed by atoms with van der Waals surface area (Å²) in [6.07, 6.45) is 2.06. The highest BCUT2D eigenvalue weighted by atomic mass is 32.2. The molecule has 0 amide bonds. The Morgan fingerprint density at radius 1 is 1.43 bits per heavy atom. The number of aromatic nitrogens is 1. The maximum absolute atomic E-state index is 12.7. The van der Waals surface area contributed by atoms with Crippen LogP contribution >= 0.6 is 0 Å². The highest BCUT2D eigenvalue weighted by molar-refractivity contribution is 7.88. The van der Waals surface area contributed by atoms with Crippen molar-refractivity contribution in [2.45, 2.75) is 45.4 Å². The van der Waals surface area contributed by atoms with Crippen LogP contribution in [0.1, 0.15) is 38.1 Å². The predicted molar refractivity (Wildman–Crippen MR) is 81.3 cm³/mol. The SMILES string of the molecule is Cc1cc(CS(=O)(=O)N(CC2CCNCC2)C(C)C)no1. The van der Waals surface area contributed by atoms with Gasteiger partial charge in [0.15, 0.2) is 0 Å². The van der Waals surface area contributed by atoms with Gasteiger partial charge in [-0.3, -0.25) is 0 Å². The molecule has 0 spiro atoms. The first kappa shape index (κ1) is 16.5. The maximum Gasteiger partial charge on any atom is 0.220 e. The molecule has 1 aromatic rings. The lowest BCUT2D eigenvalue weighted by atomic mass is 9.98. The zero-order valence-electron chi connectivity index (χ0n) is 13.0. The van der Waals surface area contributed by atoms with Gasteiger partial charge in [0.2, 0.25) is 10.0 Å². The molecule has 0 radical (unpaired) electrons. The monoisotopic (exact) mass is 315 g/mol. The van der Waals surface area contributed by atoms with E-state index in [1.807, 2.05) is 13.8 Å². The highest BCUT2D eigenvalue weighted by Crippen LogP contribution is 2.20. The van der Waals surface area contributed by atoms with Gasteiger partial charge in [-0.1, -0.05) is 5.16 Å². The number of nitrogens with zero attached hydrogens (tertiary/aromatic N) is 2. The molecular weight excluding hydrogens is 290 g/mol. The van der Waals surface area contributed by atoms with E-state index in [0.29, 0.717) is 23.9 Å². The number of aryl methyl sites for hydroxylation is 1.